The molecule has 0 aliphatic carbocycles. The first-order valence-electron chi connectivity index (χ1n) is 9.22. The summed E-state index contributed by atoms with van der Waals surface area (Å²) in [4.78, 5) is 27.9. The van der Waals surface area contributed by atoms with Crippen molar-refractivity contribution in [2.45, 2.75) is 20.3 Å². The molecule has 0 atom stereocenters. The van der Waals surface area contributed by atoms with Crippen LogP contribution >= 0.6 is 36.2 Å². The molecule has 0 fully saturated rings. The Balaban J connectivity index is 0.00000392. The zero-order valence-electron chi connectivity index (χ0n) is 16.7. The Kier molecular flexibility index (Phi) is 13.7. The van der Waals surface area contributed by atoms with Crippen LogP contribution in [0.3, 0.4) is 0 Å². The number of benzene rings is 1. The Morgan fingerprint density at radius 3 is 2.62 bits per heavy atom. The highest BCUT2D eigenvalue weighted by atomic mass is 35.5. The molecule has 8 nitrogen and oxygen atoms in total. The van der Waals surface area contributed by atoms with Gasteiger partial charge < -0.3 is 30.4 Å². The lowest BCUT2D eigenvalue weighted by Crippen LogP contribution is -2.34. The minimum absolute atomic E-state index is 0. The summed E-state index contributed by atoms with van der Waals surface area (Å²) in [6.45, 7) is 9.49. The maximum atomic E-state index is 11.7. The SMILES string of the molecule is CCN(CC)CCNCCOC(=O)NCCc1ccc(O)c2[nH]c(=O)sc12.Cl.Cl. The van der Waals surface area contributed by atoms with Crippen molar-refractivity contribution in [2.24, 2.45) is 0 Å². The predicted octanol–water partition coefficient (Wildman–Crippen LogP) is 2.34. The maximum Gasteiger partial charge on any atom is 0.407 e. The molecule has 0 radical (unpaired) electrons. The molecule has 0 saturated heterocycles. The summed E-state index contributed by atoms with van der Waals surface area (Å²) in [7, 11) is 0. The number of alkyl carbamates (subject to hydrolysis) is 1. The molecule has 1 aromatic carbocycles. The summed E-state index contributed by atoms with van der Waals surface area (Å²) in [5.41, 5.74) is 1.34. The predicted molar refractivity (Wildman–Crippen MR) is 122 cm³/mol. The summed E-state index contributed by atoms with van der Waals surface area (Å²) in [6, 6.07) is 3.30. The smallest absolute Gasteiger partial charge is 0.407 e. The second-order valence-corrected chi connectivity index (χ2v) is 7.04. The van der Waals surface area contributed by atoms with E-state index in [1.807, 2.05) is 0 Å². The Morgan fingerprint density at radius 2 is 1.93 bits per heavy atom. The van der Waals surface area contributed by atoms with Crippen LogP contribution in [0.25, 0.3) is 10.2 Å². The first-order chi connectivity index (χ1) is 13.0. The van der Waals surface area contributed by atoms with Crippen LogP contribution in [0, 0.1) is 0 Å². The fourth-order valence-electron chi connectivity index (χ4n) is 2.74. The van der Waals surface area contributed by atoms with Gasteiger partial charge in [-0.15, -0.1) is 24.8 Å². The number of H-pyrrole nitrogens is 1. The molecule has 11 heteroatoms. The average Bonchev–Trinajstić information content (AvgIpc) is 3.06. The minimum Gasteiger partial charge on any atom is -0.506 e. The van der Waals surface area contributed by atoms with Crippen LogP contribution in [0.4, 0.5) is 4.79 Å². The van der Waals surface area contributed by atoms with Crippen LogP contribution in [-0.2, 0) is 11.2 Å². The third-order valence-corrected chi connectivity index (χ3v) is 5.27. The molecule has 0 bridgehead atoms. The fraction of sp³-hybridized carbons (Fsp3) is 0.556. The number of likely N-dealkylation sites (N-methyl/N-ethyl adjacent to an activating group) is 1. The lowest BCUT2D eigenvalue weighted by atomic mass is 10.1. The van der Waals surface area contributed by atoms with Crippen LogP contribution in [0.5, 0.6) is 5.75 Å². The highest BCUT2D eigenvalue weighted by Crippen LogP contribution is 2.27. The third kappa shape index (κ3) is 8.79. The molecule has 166 valence electrons. The molecule has 29 heavy (non-hydrogen) atoms. The number of phenolic OH excluding ortho intramolecular Hbond substituents is 1. The van der Waals surface area contributed by atoms with Gasteiger partial charge in [-0.05, 0) is 31.1 Å². The topological polar surface area (TPSA) is 107 Å². The Labute approximate surface area is 186 Å². The number of thiazole rings is 1. The van der Waals surface area contributed by atoms with E-state index in [9.17, 15) is 14.7 Å². The van der Waals surface area contributed by atoms with Gasteiger partial charge in [0.25, 0.3) is 0 Å². The first-order valence-corrected chi connectivity index (χ1v) is 10.0. The number of hydrogen-bond acceptors (Lipinski definition) is 7. The van der Waals surface area contributed by atoms with Crippen LogP contribution in [-0.4, -0.2) is 67.0 Å². The number of nitrogens with zero attached hydrogens (tertiary/aromatic N) is 1. The van der Waals surface area contributed by atoms with Gasteiger partial charge in [-0.25, -0.2) is 4.79 Å². The number of aromatic nitrogens is 1. The van der Waals surface area contributed by atoms with E-state index < -0.39 is 6.09 Å². The number of fused-ring (bicyclic) bond motifs is 1. The number of hydrogen-bond donors (Lipinski definition) is 4. The van der Waals surface area contributed by atoms with Gasteiger partial charge >= 0.3 is 11.0 Å². The standard InChI is InChI=1S/C18H28N4O4S.2ClH/c1-3-22(4-2)11-9-19-10-12-26-17(24)20-8-7-13-5-6-14(23)15-16(13)27-18(25)21-15;;/h5-6,19,23H,3-4,7-12H2,1-2H3,(H,20,24)(H,21,25);2*1H. The number of aromatic amines is 1. The van der Waals surface area contributed by atoms with Crippen molar-refractivity contribution in [3.63, 3.8) is 0 Å². The van der Waals surface area contributed by atoms with Crippen molar-refractivity contribution in [1.82, 2.24) is 20.5 Å². The van der Waals surface area contributed by atoms with Crippen molar-refractivity contribution in [1.29, 1.82) is 0 Å². The Morgan fingerprint density at radius 1 is 1.21 bits per heavy atom. The lowest BCUT2D eigenvalue weighted by Gasteiger charge is -2.17. The zero-order valence-corrected chi connectivity index (χ0v) is 19.1. The number of halogens is 2. The normalized spacial score (nSPS) is 10.4. The average molecular weight is 469 g/mol. The summed E-state index contributed by atoms with van der Waals surface area (Å²) in [6.07, 6.45) is 0.0831. The van der Waals surface area contributed by atoms with E-state index >= 15 is 0 Å². The Bertz CT molecular complexity index is 796. The second kappa shape index (κ2) is 14.5. The molecule has 0 saturated carbocycles. The molecule has 1 heterocycles. The van der Waals surface area contributed by atoms with E-state index in [2.05, 4.69) is 34.4 Å². The van der Waals surface area contributed by atoms with Gasteiger partial charge in [0.1, 0.15) is 17.9 Å². The van der Waals surface area contributed by atoms with Gasteiger partial charge in [0.2, 0.25) is 0 Å². The van der Waals surface area contributed by atoms with Crippen LogP contribution < -0.4 is 15.5 Å². The van der Waals surface area contributed by atoms with Crippen LogP contribution in [0.1, 0.15) is 19.4 Å². The summed E-state index contributed by atoms with van der Waals surface area (Å²) in [5, 5.41) is 15.7. The van der Waals surface area contributed by atoms with Crippen molar-refractivity contribution in [3.8, 4) is 5.75 Å². The highest BCUT2D eigenvalue weighted by molar-refractivity contribution is 7.16. The molecule has 2 aromatic rings. The van der Waals surface area contributed by atoms with E-state index in [4.69, 9.17) is 4.74 Å². The number of phenols is 1. The van der Waals surface area contributed by atoms with Gasteiger partial charge in [0.05, 0.1) is 4.70 Å². The third-order valence-electron chi connectivity index (χ3n) is 4.31. The molecule has 0 aliphatic heterocycles. The van der Waals surface area contributed by atoms with E-state index in [1.165, 1.54) is 0 Å². The zero-order chi connectivity index (χ0) is 19.6. The molecule has 0 spiro atoms. The number of rotatable bonds is 11. The van der Waals surface area contributed by atoms with Gasteiger partial charge in [0.15, 0.2) is 0 Å². The minimum atomic E-state index is -0.460. The molecule has 0 aliphatic rings. The van der Waals surface area contributed by atoms with Gasteiger partial charge in [-0.3, -0.25) is 4.79 Å². The first kappa shape index (κ1) is 27.5. The summed E-state index contributed by atoms with van der Waals surface area (Å²) >= 11 is 1.05. The quantitative estimate of drug-likeness (QED) is 0.377. The number of aromatic hydroxyl groups is 1. The molecular weight excluding hydrogens is 439 g/mol. The fourth-order valence-corrected chi connectivity index (χ4v) is 3.64. The highest BCUT2D eigenvalue weighted by Gasteiger charge is 2.10. The molecule has 1 amide bonds. The molecular formula is C18H30Cl2N4O4S. The number of carbonyl (C=O) groups excluding carboxylic acids is 1. The number of nitrogens with one attached hydrogen (secondary N) is 3. The van der Waals surface area contributed by atoms with E-state index in [0.717, 1.165) is 43.1 Å². The van der Waals surface area contributed by atoms with Gasteiger partial charge in [-0.1, -0.05) is 31.3 Å². The van der Waals surface area contributed by atoms with E-state index in [1.54, 1.807) is 12.1 Å². The monoisotopic (exact) mass is 468 g/mol. The van der Waals surface area contributed by atoms with Crippen LogP contribution in [0.15, 0.2) is 16.9 Å². The Hall–Kier alpha value is -1.52. The van der Waals surface area contributed by atoms with Crippen molar-refractivity contribution < 1.29 is 14.6 Å². The summed E-state index contributed by atoms with van der Waals surface area (Å²) < 4.78 is 5.85. The largest absolute Gasteiger partial charge is 0.506 e. The van der Waals surface area contributed by atoms with Crippen molar-refractivity contribution in [2.75, 3.05) is 45.9 Å². The van der Waals surface area contributed by atoms with Crippen LogP contribution in [0.2, 0.25) is 0 Å². The molecule has 1 aromatic heterocycles. The van der Waals surface area contributed by atoms with Crippen molar-refractivity contribution >= 4 is 52.5 Å². The molecule has 0 unspecified atom stereocenters. The van der Waals surface area contributed by atoms with E-state index in [-0.39, 0.29) is 35.4 Å². The van der Waals surface area contributed by atoms with Gasteiger partial charge in [-0.2, -0.15) is 0 Å². The number of amides is 1. The molecule has 2 rings (SSSR count). The van der Waals surface area contributed by atoms with Gasteiger partial charge in [0, 0.05) is 26.2 Å². The van der Waals surface area contributed by atoms with Crippen molar-refractivity contribution in [3.05, 3.63) is 27.4 Å². The maximum absolute atomic E-state index is 11.7. The second-order valence-electron chi connectivity index (χ2n) is 6.05. The number of ether oxygens (including phenoxy) is 1. The number of carbonyl (C=O) groups is 1. The summed E-state index contributed by atoms with van der Waals surface area (Å²) in [5.74, 6) is 0.0490. The van der Waals surface area contributed by atoms with E-state index in [0.29, 0.717) is 36.3 Å². The lowest BCUT2D eigenvalue weighted by molar-refractivity contribution is 0.146. The molecule has 4 N–H and O–H groups in total.